The first-order valence-corrected chi connectivity index (χ1v) is 14.4. The van der Waals surface area contributed by atoms with Crippen LogP contribution in [0.2, 0.25) is 0 Å². The number of aliphatic hydroxyl groups is 1. The molecule has 1 aliphatic carbocycles. The van der Waals surface area contributed by atoms with E-state index in [1.165, 1.54) is 12.1 Å². The van der Waals surface area contributed by atoms with Gasteiger partial charge < -0.3 is 24.8 Å². The van der Waals surface area contributed by atoms with Crippen LogP contribution in [0.4, 0.5) is 8.78 Å². The van der Waals surface area contributed by atoms with Gasteiger partial charge in [0.2, 0.25) is 5.91 Å². The van der Waals surface area contributed by atoms with E-state index in [0.717, 1.165) is 51.1 Å². The molecule has 0 aromatic heterocycles. The molecule has 0 unspecified atom stereocenters. The van der Waals surface area contributed by atoms with Crippen molar-refractivity contribution in [2.45, 2.75) is 82.3 Å². The molecule has 6 nitrogen and oxygen atoms in total. The minimum atomic E-state index is -1.55. The normalized spacial score (nSPS) is 24.7. The van der Waals surface area contributed by atoms with E-state index in [1.54, 1.807) is 14.2 Å². The van der Waals surface area contributed by atoms with Gasteiger partial charge >= 0.3 is 0 Å². The molecule has 1 saturated heterocycles. The number of halogens is 2. The largest absolute Gasteiger partial charge is 0.385 e. The van der Waals surface area contributed by atoms with Crippen molar-refractivity contribution in [1.29, 1.82) is 0 Å². The number of hydrogen-bond donors (Lipinski definition) is 2. The van der Waals surface area contributed by atoms with E-state index in [9.17, 15) is 18.7 Å². The van der Waals surface area contributed by atoms with E-state index in [-0.39, 0.29) is 29.7 Å². The molecular weight excluding hydrogens is 490 g/mol. The van der Waals surface area contributed by atoms with Gasteiger partial charge in [-0.25, -0.2) is 8.78 Å². The van der Waals surface area contributed by atoms with E-state index in [1.807, 2.05) is 11.9 Å². The Hall–Kier alpha value is -1.61. The molecule has 2 fully saturated rings. The summed E-state index contributed by atoms with van der Waals surface area (Å²) in [6, 6.07) is 4.00. The monoisotopic (exact) mass is 538 g/mol. The first-order valence-electron chi connectivity index (χ1n) is 14.4. The fourth-order valence-electron chi connectivity index (χ4n) is 6.61. The first-order chi connectivity index (χ1) is 18.3. The van der Waals surface area contributed by atoms with Gasteiger partial charge in [-0.1, -0.05) is 12.1 Å². The van der Waals surface area contributed by atoms with Crippen LogP contribution in [0.25, 0.3) is 0 Å². The lowest BCUT2D eigenvalue weighted by atomic mass is 9.73. The summed E-state index contributed by atoms with van der Waals surface area (Å²) in [5, 5.41) is 15.2. The molecule has 1 heterocycles. The maximum atomic E-state index is 15.0. The van der Waals surface area contributed by atoms with Crippen molar-refractivity contribution in [3.63, 3.8) is 0 Å². The van der Waals surface area contributed by atoms with Crippen LogP contribution in [0, 0.1) is 29.4 Å². The van der Waals surface area contributed by atoms with E-state index < -0.39 is 17.2 Å². The van der Waals surface area contributed by atoms with Crippen LogP contribution in [0.3, 0.4) is 0 Å². The van der Waals surface area contributed by atoms with Gasteiger partial charge in [0.15, 0.2) is 11.6 Å². The molecule has 3 atom stereocenters. The van der Waals surface area contributed by atoms with Gasteiger partial charge in [0, 0.05) is 51.8 Å². The fourth-order valence-corrected chi connectivity index (χ4v) is 6.61. The zero-order valence-electron chi connectivity index (χ0n) is 23.5. The maximum Gasteiger partial charge on any atom is 0.222 e. The van der Waals surface area contributed by atoms with E-state index in [2.05, 4.69) is 5.32 Å². The highest BCUT2D eigenvalue weighted by atomic mass is 19.2. The Morgan fingerprint density at radius 1 is 1.18 bits per heavy atom. The smallest absolute Gasteiger partial charge is 0.222 e. The first kappa shape index (κ1) is 30.9. The molecule has 1 aromatic carbocycles. The molecule has 1 aliphatic heterocycles. The summed E-state index contributed by atoms with van der Waals surface area (Å²) < 4.78 is 39.8. The Morgan fingerprint density at radius 2 is 1.95 bits per heavy atom. The van der Waals surface area contributed by atoms with Crippen molar-refractivity contribution in [3.8, 4) is 0 Å². The number of piperidine rings is 1. The van der Waals surface area contributed by atoms with E-state index in [4.69, 9.17) is 9.47 Å². The number of amides is 1. The van der Waals surface area contributed by atoms with Gasteiger partial charge in [0.05, 0.1) is 11.7 Å². The van der Waals surface area contributed by atoms with E-state index in [0.29, 0.717) is 57.4 Å². The predicted molar refractivity (Wildman–Crippen MR) is 145 cm³/mol. The number of methoxy groups -OCH3 is 2. The van der Waals surface area contributed by atoms with Gasteiger partial charge in [-0.2, -0.15) is 0 Å². The summed E-state index contributed by atoms with van der Waals surface area (Å²) in [5.74, 6) is -1.40. The summed E-state index contributed by atoms with van der Waals surface area (Å²) in [4.78, 5) is 15.3. The topological polar surface area (TPSA) is 71.0 Å². The standard InChI is InChI=1S/C30H48F2N2O4/c1-33-20-23(18-22-11-13-25(38-3)14-12-22)19-28(35)34-16-7-8-24(21-34)30(36,15-4-5-17-37-2)26-9-6-10-27(31)29(26)32/h6,9-10,22-25,33,36H,4-5,7-8,11-21H2,1-3H3/t22?,23-,24-,25?,30+/m1/s1. The zero-order valence-corrected chi connectivity index (χ0v) is 23.5. The van der Waals surface area contributed by atoms with E-state index >= 15 is 0 Å². The molecule has 2 aliphatic rings. The number of hydrogen-bond acceptors (Lipinski definition) is 5. The van der Waals surface area contributed by atoms with Gasteiger partial charge in [0.1, 0.15) is 0 Å². The third-order valence-corrected chi connectivity index (χ3v) is 8.77. The predicted octanol–water partition coefficient (Wildman–Crippen LogP) is 5.03. The molecule has 2 N–H and O–H groups in total. The molecule has 0 spiro atoms. The Balaban J connectivity index is 1.69. The molecule has 1 saturated carbocycles. The van der Waals surface area contributed by atoms with Crippen molar-refractivity contribution < 1.29 is 28.2 Å². The lowest BCUT2D eigenvalue weighted by Gasteiger charge is -2.43. The van der Waals surface area contributed by atoms with Crippen molar-refractivity contribution in [2.24, 2.45) is 17.8 Å². The number of rotatable bonds is 14. The minimum Gasteiger partial charge on any atom is -0.385 e. The number of ether oxygens (including phenoxy) is 2. The number of nitrogens with zero attached hydrogens (tertiary/aromatic N) is 1. The second-order valence-electron chi connectivity index (χ2n) is 11.4. The Labute approximate surface area is 227 Å². The quantitative estimate of drug-likeness (QED) is 0.325. The average Bonchev–Trinajstić information content (AvgIpc) is 2.93. The van der Waals surface area contributed by atoms with Crippen molar-refractivity contribution in [3.05, 3.63) is 35.4 Å². The summed E-state index contributed by atoms with van der Waals surface area (Å²) in [5.41, 5.74) is -1.56. The summed E-state index contributed by atoms with van der Waals surface area (Å²) in [6.07, 6.45) is 9.24. The minimum absolute atomic E-state index is 0.00561. The maximum absolute atomic E-state index is 15.0. The Morgan fingerprint density at radius 3 is 2.63 bits per heavy atom. The SMILES string of the molecule is CNC[C@@H](CC(=O)N1CCC[C@@H]([C@@](O)(CCCCOC)c2cccc(F)c2F)C1)CC1CCC(OC)CC1. The molecule has 1 amide bonds. The number of likely N-dealkylation sites (tertiary alicyclic amines) is 1. The number of unbranched alkanes of at least 4 members (excludes halogenated alkanes) is 1. The molecule has 38 heavy (non-hydrogen) atoms. The van der Waals surface area contributed by atoms with Crippen LogP contribution in [-0.4, -0.2) is 69.5 Å². The lowest BCUT2D eigenvalue weighted by molar-refractivity contribution is -0.138. The van der Waals surface area contributed by atoms with Crippen LogP contribution in [-0.2, 0) is 19.9 Å². The van der Waals surface area contributed by atoms with Crippen LogP contribution in [0.15, 0.2) is 18.2 Å². The van der Waals surface area contributed by atoms with Gasteiger partial charge in [-0.15, -0.1) is 0 Å². The van der Waals surface area contributed by atoms with Crippen LogP contribution < -0.4 is 5.32 Å². The second kappa shape index (κ2) is 15.2. The molecule has 0 bridgehead atoms. The number of benzene rings is 1. The third kappa shape index (κ3) is 8.20. The van der Waals surface area contributed by atoms with Crippen LogP contribution >= 0.6 is 0 Å². The summed E-state index contributed by atoms with van der Waals surface area (Å²) >= 11 is 0. The second-order valence-corrected chi connectivity index (χ2v) is 11.4. The highest BCUT2D eigenvalue weighted by Crippen LogP contribution is 2.41. The van der Waals surface area contributed by atoms with Crippen molar-refractivity contribution in [2.75, 3.05) is 47.5 Å². The third-order valence-electron chi connectivity index (χ3n) is 8.77. The molecule has 3 rings (SSSR count). The molecular formula is C30H48F2N2O4. The number of carbonyl (C=O) groups excluding carboxylic acids is 1. The number of carbonyl (C=O) groups is 1. The Bertz CT molecular complexity index is 865. The number of nitrogens with one attached hydrogen (secondary N) is 1. The van der Waals surface area contributed by atoms with Gasteiger partial charge in [0.25, 0.3) is 0 Å². The highest BCUT2D eigenvalue weighted by molar-refractivity contribution is 5.76. The fraction of sp³-hybridized carbons (Fsp3) is 0.767. The zero-order chi connectivity index (χ0) is 27.5. The summed E-state index contributed by atoms with van der Waals surface area (Å²) in [7, 11) is 5.32. The van der Waals surface area contributed by atoms with Gasteiger partial charge in [-0.3, -0.25) is 4.79 Å². The lowest BCUT2D eigenvalue weighted by Crippen LogP contribution is -2.49. The van der Waals surface area contributed by atoms with Crippen molar-refractivity contribution >= 4 is 5.91 Å². The highest BCUT2D eigenvalue weighted by Gasteiger charge is 2.43. The Kier molecular flexibility index (Phi) is 12.4. The molecule has 1 aromatic rings. The van der Waals surface area contributed by atoms with Crippen LogP contribution in [0.5, 0.6) is 0 Å². The summed E-state index contributed by atoms with van der Waals surface area (Å²) in [6.45, 7) is 2.30. The molecule has 216 valence electrons. The average molecular weight is 539 g/mol. The molecule has 0 radical (unpaired) electrons. The molecule has 8 heteroatoms. The van der Waals surface area contributed by atoms with Crippen molar-refractivity contribution in [1.82, 2.24) is 10.2 Å². The van der Waals surface area contributed by atoms with Crippen LogP contribution in [0.1, 0.15) is 76.2 Å². The van der Waals surface area contributed by atoms with Gasteiger partial charge in [-0.05, 0) is 95.7 Å².